The van der Waals surface area contributed by atoms with Crippen LogP contribution in [0.1, 0.15) is 19.4 Å². The zero-order valence-electron chi connectivity index (χ0n) is 7.27. The highest BCUT2D eigenvalue weighted by atomic mass is 127. The van der Waals surface area contributed by atoms with Crippen molar-refractivity contribution in [3.05, 3.63) is 30.9 Å². The van der Waals surface area contributed by atoms with Gasteiger partial charge in [-0.3, -0.25) is 0 Å². The van der Waals surface area contributed by atoms with Crippen molar-refractivity contribution in [1.82, 2.24) is 0 Å². The van der Waals surface area contributed by atoms with Gasteiger partial charge < -0.3 is 0 Å². The van der Waals surface area contributed by atoms with Crippen molar-refractivity contribution in [2.24, 2.45) is 5.92 Å². The van der Waals surface area contributed by atoms with Gasteiger partial charge in [0.25, 0.3) is 0 Å². The van der Waals surface area contributed by atoms with E-state index in [0.717, 1.165) is 5.92 Å². The second-order valence-electron chi connectivity index (χ2n) is 3.31. The van der Waals surface area contributed by atoms with E-state index < -0.39 is 0 Å². The van der Waals surface area contributed by atoms with Gasteiger partial charge in [-0.15, -0.1) is 0 Å². The molecule has 0 aliphatic rings. The quantitative estimate of drug-likeness (QED) is 0.672. The maximum Gasteiger partial charge on any atom is 0.0296 e. The van der Waals surface area contributed by atoms with E-state index in [9.17, 15) is 0 Å². The Balaban J connectivity index is 2.92. The second-order valence-corrected chi connectivity index (χ2v) is 5.55. The van der Waals surface area contributed by atoms with Crippen LogP contribution in [0.3, 0.4) is 0 Å². The summed E-state index contributed by atoms with van der Waals surface area (Å²) in [6, 6.07) is 6.53. The second kappa shape index (κ2) is 4.79. The molecule has 0 spiro atoms. The fourth-order valence-electron chi connectivity index (χ4n) is 1.15. The summed E-state index contributed by atoms with van der Waals surface area (Å²) in [5, 5.41) is 0. The third-order valence-corrected chi connectivity index (χ3v) is 4.86. The lowest BCUT2D eigenvalue weighted by Crippen LogP contribution is -1.97. The average molecular weight is 386 g/mol. The van der Waals surface area contributed by atoms with Gasteiger partial charge in [0.2, 0.25) is 0 Å². The predicted octanol–water partition coefficient (Wildman–Crippen LogP) is 4.09. The molecular formula is C10H12I2. The van der Waals surface area contributed by atoms with Crippen LogP contribution in [0, 0.1) is 13.1 Å². The summed E-state index contributed by atoms with van der Waals surface area (Å²) in [4.78, 5) is 0. The highest BCUT2D eigenvalue weighted by Gasteiger charge is 2.04. The molecule has 0 nitrogen and oxygen atoms in total. The van der Waals surface area contributed by atoms with Crippen molar-refractivity contribution >= 4 is 45.2 Å². The fourth-order valence-corrected chi connectivity index (χ4v) is 2.28. The molecule has 0 fully saturated rings. The minimum atomic E-state index is 0.747. The summed E-state index contributed by atoms with van der Waals surface area (Å²) in [7, 11) is 0. The number of halogens is 2. The molecule has 0 aliphatic carbocycles. The third kappa shape index (κ3) is 2.87. The van der Waals surface area contributed by atoms with Gasteiger partial charge in [-0.05, 0) is 69.2 Å². The van der Waals surface area contributed by atoms with Crippen LogP contribution in [0.15, 0.2) is 18.2 Å². The Labute approximate surface area is 101 Å². The van der Waals surface area contributed by atoms with E-state index in [2.05, 4.69) is 77.2 Å². The molecular weight excluding hydrogens is 374 g/mol. The lowest BCUT2D eigenvalue weighted by molar-refractivity contribution is 0.645. The Morgan fingerprint density at radius 2 is 1.92 bits per heavy atom. The first-order chi connectivity index (χ1) is 5.61. The standard InChI is InChI=1S/C10H12I2/c1-7(2)6-8-4-3-5-9(11)10(8)12/h3-5,7H,6H2,1-2H3. The van der Waals surface area contributed by atoms with E-state index in [1.807, 2.05) is 0 Å². The zero-order valence-corrected chi connectivity index (χ0v) is 11.6. The van der Waals surface area contributed by atoms with Crippen LogP contribution < -0.4 is 0 Å². The fraction of sp³-hybridized carbons (Fsp3) is 0.400. The van der Waals surface area contributed by atoms with Crippen molar-refractivity contribution in [3.8, 4) is 0 Å². The maximum atomic E-state index is 2.43. The molecule has 1 rings (SSSR count). The number of benzene rings is 1. The number of rotatable bonds is 2. The van der Waals surface area contributed by atoms with Crippen molar-refractivity contribution in [2.45, 2.75) is 20.3 Å². The van der Waals surface area contributed by atoms with Crippen LogP contribution in [0.4, 0.5) is 0 Å². The molecule has 0 N–H and O–H groups in total. The summed E-state index contributed by atoms with van der Waals surface area (Å²) in [6.45, 7) is 4.52. The molecule has 0 saturated carbocycles. The van der Waals surface area contributed by atoms with E-state index in [4.69, 9.17) is 0 Å². The van der Waals surface area contributed by atoms with Gasteiger partial charge in [0.15, 0.2) is 0 Å². The first-order valence-electron chi connectivity index (χ1n) is 4.04. The van der Waals surface area contributed by atoms with Gasteiger partial charge in [0.1, 0.15) is 0 Å². The predicted molar refractivity (Wildman–Crippen MR) is 70.4 cm³/mol. The molecule has 2 heteroatoms. The van der Waals surface area contributed by atoms with Crippen LogP contribution in [-0.4, -0.2) is 0 Å². The van der Waals surface area contributed by atoms with Crippen LogP contribution >= 0.6 is 45.2 Å². The van der Waals surface area contributed by atoms with Gasteiger partial charge in [0.05, 0.1) is 0 Å². The van der Waals surface area contributed by atoms with Gasteiger partial charge in [-0.2, -0.15) is 0 Å². The minimum Gasteiger partial charge on any atom is -0.0625 e. The Hall–Kier alpha value is 0.680. The SMILES string of the molecule is CC(C)Cc1cccc(I)c1I. The van der Waals surface area contributed by atoms with Gasteiger partial charge in [0, 0.05) is 7.14 Å². The summed E-state index contributed by atoms with van der Waals surface area (Å²) in [5.41, 5.74) is 1.48. The van der Waals surface area contributed by atoms with E-state index >= 15 is 0 Å². The highest BCUT2D eigenvalue weighted by Crippen LogP contribution is 2.21. The van der Waals surface area contributed by atoms with Crippen molar-refractivity contribution in [1.29, 1.82) is 0 Å². The third-order valence-electron chi connectivity index (χ3n) is 1.66. The number of hydrogen-bond acceptors (Lipinski definition) is 0. The van der Waals surface area contributed by atoms with Crippen molar-refractivity contribution < 1.29 is 0 Å². The first-order valence-corrected chi connectivity index (χ1v) is 6.20. The Morgan fingerprint density at radius 1 is 1.25 bits per heavy atom. The van der Waals surface area contributed by atoms with Gasteiger partial charge >= 0.3 is 0 Å². The molecule has 12 heavy (non-hydrogen) atoms. The van der Waals surface area contributed by atoms with Crippen LogP contribution in [0.25, 0.3) is 0 Å². The molecule has 0 amide bonds. The molecule has 1 aromatic rings. The molecule has 0 unspecified atom stereocenters. The monoisotopic (exact) mass is 386 g/mol. The smallest absolute Gasteiger partial charge is 0.0296 e. The molecule has 0 atom stereocenters. The first kappa shape index (κ1) is 10.8. The van der Waals surface area contributed by atoms with Gasteiger partial charge in [-0.1, -0.05) is 26.0 Å². The lowest BCUT2D eigenvalue weighted by Gasteiger charge is -2.08. The average Bonchev–Trinajstić information content (AvgIpc) is 1.98. The summed E-state index contributed by atoms with van der Waals surface area (Å²) in [6.07, 6.45) is 1.19. The maximum absolute atomic E-state index is 2.43. The molecule has 1 aromatic carbocycles. The molecule has 0 saturated heterocycles. The molecule has 0 aliphatic heterocycles. The topological polar surface area (TPSA) is 0 Å². The lowest BCUT2D eigenvalue weighted by atomic mass is 10.0. The molecule has 0 radical (unpaired) electrons. The zero-order chi connectivity index (χ0) is 9.14. The molecule has 66 valence electrons. The highest BCUT2D eigenvalue weighted by molar-refractivity contribution is 14.1. The summed E-state index contributed by atoms with van der Waals surface area (Å²) in [5.74, 6) is 0.747. The minimum absolute atomic E-state index is 0.747. The largest absolute Gasteiger partial charge is 0.0625 e. The Bertz CT molecular complexity index is 267. The van der Waals surface area contributed by atoms with E-state index in [-0.39, 0.29) is 0 Å². The van der Waals surface area contributed by atoms with E-state index in [0.29, 0.717) is 0 Å². The van der Waals surface area contributed by atoms with E-state index in [1.165, 1.54) is 19.1 Å². The Morgan fingerprint density at radius 3 is 2.50 bits per heavy atom. The van der Waals surface area contributed by atoms with Crippen LogP contribution in [-0.2, 0) is 6.42 Å². The summed E-state index contributed by atoms with van der Waals surface area (Å²) >= 11 is 4.82. The van der Waals surface area contributed by atoms with Crippen LogP contribution in [0.2, 0.25) is 0 Å². The van der Waals surface area contributed by atoms with Gasteiger partial charge in [-0.25, -0.2) is 0 Å². The van der Waals surface area contributed by atoms with E-state index in [1.54, 1.807) is 0 Å². The summed E-state index contributed by atoms with van der Waals surface area (Å²) < 4.78 is 2.79. The molecule has 0 heterocycles. The van der Waals surface area contributed by atoms with Crippen molar-refractivity contribution in [3.63, 3.8) is 0 Å². The normalized spacial score (nSPS) is 10.8. The number of hydrogen-bond donors (Lipinski definition) is 0. The molecule has 0 bridgehead atoms. The van der Waals surface area contributed by atoms with Crippen LogP contribution in [0.5, 0.6) is 0 Å². The van der Waals surface area contributed by atoms with Crippen molar-refractivity contribution in [2.75, 3.05) is 0 Å². The Kier molecular flexibility index (Phi) is 4.29. The molecule has 0 aromatic heterocycles.